The van der Waals surface area contributed by atoms with Gasteiger partial charge in [0.15, 0.2) is 5.79 Å². The standard InChI is InChI=1S/C12H18O2/c1-2-3-4-6-11-7-5-8-12(11)13-9-10-14-12/h3-5,7,11H,2,6,8-10H2,1H3/b4-3+. The molecular formula is C12H18O2. The molecule has 14 heavy (non-hydrogen) atoms. The molecule has 0 N–H and O–H groups in total. The molecule has 2 aliphatic rings. The summed E-state index contributed by atoms with van der Waals surface area (Å²) in [6, 6.07) is 0. The monoisotopic (exact) mass is 194 g/mol. The van der Waals surface area contributed by atoms with Crippen molar-refractivity contribution in [1.82, 2.24) is 0 Å². The maximum atomic E-state index is 5.73. The molecule has 2 heteroatoms. The molecule has 1 fully saturated rings. The van der Waals surface area contributed by atoms with Crippen molar-refractivity contribution in [3.05, 3.63) is 24.3 Å². The van der Waals surface area contributed by atoms with Gasteiger partial charge < -0.3 is 9.47 Å². The third-order valence-corrected chi connectivity index (χ3v) is 2.90. The van der Waals surface area contributed by atoms with Crippen LogP contribution in [0.5, 0.6) is 0 Å². The molecule has 0 radical (unpaired) electrons. The van der Waals surface area contributed by atoms with Gasteiger partial charge >= 0.3 is 0 Å². The quantitative estimate of drug-likeness (QED) is 0.643. The molecule has 0 bridgehead atoms. The Bertz CT molecular complexity index is 237. The molecule has 1 atom stereocenters. The Balaban J connectivity index is 1.95. The van der Waals surface area contributed by atoms with E-state index in [2.05, 4.69) is 31.2 Å². The van der Waals surface area contributed by atoms with Crippen molar-refractivity contribution in [3.8, 4) is 0 Å². The zero-order chi connectivity index (χ0) is 9.86. The lowest BCUT2D eigenvalue weighted by Gasteiger charge is -2.28. The largest absolute Gasteiger partial charge is 0.347 e. The van der Waals surface area contributed by atoms with E-state index in [1.165, 1.54) is 0 Å². The maximum Gasteiger partial charge on any atom is 0.178 e. The normalized spacial score (nSPS) is 29.6. The van der Waals surface area contributed by atoms with E-state index in [1.54, 1.807) is 0 Å². The smallest absolute Gasteiger partial charge is 0.178 e. The lowest BCUT2D eigenvalue weighted by molar-refractivity contribution is -0.174. The lowest BCUT2D eigenvalue weighted by Crippen LogP contribution is -2.34. The predicted molar refractivity (Wildman–Crippen MR) is 55.9 cm³/mol. The van der Waals surface area contributed by atoms with Gasteiger partial charge in [-0.2, -0.15) is 0 Å². The summed E-state index contributed by atoms with van der Waals surface area (Å²) in [5.74, 6) is 0.103. The van der Waals surface area contributed by atoms with Crippen molar-refractivity contribution in [2.45, 2.75) is 32.0 Å². The van der Waals surface area contributed by atoms with E-state index in [1.807, 2.05) is 0 Å². The van der Waals surface area contributed by atoms with Gasteiger partial charge in [0.2, 0.25) is 0 Å². The Kier molecular flexibility index (Phi) is 3.04. The van der Waals surface area contributed by atoms with Gasteiger partial charge in [-0.15, -0.1) is 0 Å². The SMILES string of the molecule is CC/C=C/CC1C=CCC12OCCO2. The van der Waals surface area contributed by atoms with Crippen LogP contribution < -0.4 is 0 Å². The van der Waals surface area contributed by atoms with Crippen molar-refractivity contribution in [3.63, 3.8) is 0 Å². The van der Waals surface area contributed by atoms with Crippen LogP contribution in [0.25, 0.3) is 0 Å². The molecule has 1 saturated heterocycles. The Morgan fingerprint density at radius 3 is 2.86 bits per heavy atom. The second-order valence-electron chi connectivity index (χ2n) is 3.86. The summed E-state index contributed by atoms with van der Waals surface area (Å²) in [6.45, 7) is 3.64. The second-order valence-corrected chi connectivity index (χ2v) is 3.86. The molecule has 1 spiro atoms. The molecule has 1 heterocycles. The van der Waals surface area contributed by atoms with Gasteiger partial charge in [-0.3, -0.25) is 0 Å². The molecule has 0 amide bonds. The molecule has 0 saturated carbocycles. The molecule has 0 aromatic heterocycles. The first-order valence-corrected chi connectivity index (χ1v) is 5.47. The Morgan fingerprint density at radius 1 is 1.36 bits per heavy atom. The van der Waals surface area contributed by atoms with Gasteiger partial charge in [0, 0.05) is 12.3 Å². The summed E-state index contributed by atoms with van der Waals surface area (Å²) < 4.78 is 11.5. The third-order valence-electron chi connectivity index (χ3n) is 2.90. The molecular weight excluding hydrogens is 176 g/mol. The van der Waals surface area contributed by atoms with Crippen LogP contribution in [0, 0.1) is 5.92 Å². The molecule has 0 aromatic rings. The van der Waals surface area contributed by atoms with Crippen molar-refractivity contribution >= 4 is 0 Å². The predicted octanol–water partition coefficient (Wildman–Crippen LogP) is 2.66. The zero-order valence-corrected chi connectivity index (χ0v) is 8.74. The summed E-state index contributed by atoms with van der Waals surface area (Å²) in [7, 11) is 0. The molecule has 1 aliphatic carbocycles. The van der Waals surface area contributed by atoms with Crippen LogP contribution in [0.4, 0.5) is 0 Å². The van der Waals surface area contributed by atoms with Crippen molar-refractivity contribution in [2.24, 2.45) is 5.92 Å². The van der Waals surface area contributed by atoms with Crippen LogP contribution in [-0.2, 0) is 9.47 Å². The number of ether oxygens (including phenoxy) is 2. The van der Waals surface area contributed by atoms with E-state index < -0.39 is 0 Å². The van der Waals surface area contributed by atoms with Crippen LogP contribution in [0.3, 0.4) is 0 Å². The minimum atomic E-state index is -0.307. The van der Waals surface area contributed by atoms with Crippen LogP contribution in [0.15, 0.2) is 24.3 Å². The van der Waals surface area contributed by atoms with E-state index >= 15 is 0 Å². The average molecular weight is 194 g/mol. The highest BCUT2D eigenvalue weighted by Crippen LogP contribution is 2.39. The van der Waals surface area contributed by atoms with Crippen LogP contribution in [0.1, 0.15) is 26.2 Å². The average Bonchev–Trinajstić information content (AvgIpc) is 2.80. The molecule has 0 aromatic carbocycles. The van der Waals surface area contributed by atoms with E-state index in [0.29, 0.717) is 5.92 Å². The van der Waals surface area contributed by atoms with E-state index in [4.69, 9.17) is 9.47 Å². The molecule has 1 aliphatic heterocycles. The Labute approximate surface area is 85.6 Å². The first-order chi connectivity index (χ1) is 6.87. The number of rotatable bonds is 3. The zero-order valence-electron chi connectivity index (χ0n) is 8.74. The van der Waals surface area contributed by atoms with Gasteiger partial charge in [-0.05, 0) is 12.8 Å². The first kappa shape index (κ1) is 9.94. The summed E-state index contributed by atoms with van der Waals surface area (Å²) >= 11 is 0. The van der Waals surface area contributed by atoms with Gasteiger partial charge in [0.05, 0.1) is 13.2 Å². The summed E-state index contributed by atoms with van der Waals surface area (Å²) in [5, 5.41) is 0. The molecule has 1 unspecified atom stereocenters. The summed E-state index contributed by atoms with van der Waals surface area (Å²) in [5.41, 5.74) is 0. The fourth-order valence-electron chi connectivity index (χ4n) is 2.16. The van der Waals surface area contributed by atoms with Crippen molar-refractivity contribution in [1.29, 1.82) is 0 Å². The van der Waals surface area contributed by atoms with Crippen LogP contribution in [0.2, 0.25) is 0 Å². The number of allylic oxidation sites excluding steroid dienone is 2. The topological polar surface area (TPSA) is 18.5 Å². The van der Waals surface area contributed by atoms with Crippen LogP contribution >= 0.6 is 0 Å². The maximum absolute atomic E-state index is 5.73. The van der Waals surface area contributed by atoms with E-state index in [0.717, 1.165) is 32.5 Å². The highest BCUT2D eigenvalue weighted by molar-refractivity contribution is 5.10. The van der Waals surface area contributed by atoms with Crippen LogP contribution in [-0.4, -0.2) is 19.0 Å². The van der Waals surface area contributed by atoms with Crippen molar-refractivity contribution in [2.75, 3.05) is 13.2 Å². The first-order valence-electron chi connectivity index (χ1n) is 5.47. The fraction of sp³-hybridized carbons (Fsp3) is 0.667. The van der Waals surface area contributed by atoms with Gasteiger partial charge in [0.1, 0.15) is 0 Å². The molecule has 78 valence electrons. The second kappa shape index (κ2) is 4.28. The fourth-order valence-corrected chi connectivity index (χ4v) is 2.16. The minimum absolute atomic E-state index is 0.307. The van der Waals surface area contributed by atoms with E-state index in [-0.39, 0.29) is 5.79 Å². The number of hydrogen-bond acceptors (Lipinski definition) is 2. The lowest BCUT2D eigenvalue weighted by atomic mass is 9.98. The van der Waals surface area contributed by atoms with Gasteiger partial charge in [-0.1, -0.05) is 31.2 Å². The highest BCUT2D eigenvalue weighted by Gasteiger charge is 2.44. The minimum Gasteiger partial charge on any atom is -0.347 e. The Hall–Kier alpha value is -0.600. The van der Waals surface area contributed by atoms with E-state index in [9.17, 15) is 0 Å². The highest BCUT2D eigenvalue weighted by atomic mass is 16.7. The molecule has 2 nitrogen and oxygen atoms in total. The van der Waals surface area contributed by atoms with Gasteiger partial charge in [-0.25, -0.2) is 0 Å². The Morgan fingerprint density at radius 2 is 2.14 bits per heavy atom. The third kappa shape index (κ3) is 1.77. The van der Waals surface area contributed by atoms with Crippen molar-refractivity contribution < 1.29 is 9.47 Å². The summed E-state index contributed by atoms with van der Waals surface area (Å²) in [6.07, 6.45) is 11.9. The number of hydrogen-bond donors (Lipinski definition) is 0. The summed E-state index contributed by atoms with van der Waals surface area (Å²) in [4.78, 5) is 0. The van der Waals surface area contributed by atoms with Gasteiger partial charge in [0.25, 0.3) is 0 Å². The molecule has 2 rings (SSSR count).